The molecule has 6 rings (SSSR count). The molecular weight excluding hydrogens is 558 g/mol. The fourth-order valence-corrected chi connectivity index (χ4v) is 5.75. The molecule has 1 spiro atoms. The van der Waals surface area contributed by atoms with E-state index < -0.39 is 23.5 Å². The van der Waals surface area contributed by atoms with E-state index in [4.69, 9.17) is 18.9 Å². The summed E-state index contributed by atoms with van der Waals surface area (Å²) in [6.45, 7) is 11.2. The first kappa shape index (κ1) is 28.7. The van der Waals surface area contributed by atoms with Crippen LogP contribution in [0.25, 0.3) is 10.8 Å². The Kier molecular flexibility index (Phi) is 7.43. The molecule has 1 unspecified atom stereocenters. The monoisotopic (exact) mass is 589 g/mol. The topological polar surface area (TPSA) is 91.4 Å². The van der Waals surface area contributed by atoms with Crippen molar-refractivity contribution in [2.45, 2.75) is 19.4 Å². The summed E-state index contributed by atoms with van der Waals surface area (Å²) in [6.07, 6.45) is 0. The lowest BCUT2D eigenvalue weighted by Crippen LogP contribution is -2.34. The smallest absolute Gasteiger partial charge is 0.340 e. The van der Waals surface area contributed by atoms with Gasteiger partial charge in [0.1, 0.15) is 24.7 Å². The SMILES string of the molecule is C=C(C)C(=O)OCCN(CCOC(=O)C(=C)C)c1ccc2c(c1)Oc1ccc3ccccc3c1C21OC(=O)c2ccccc21. The number of carbonyl (C=O) groups excluding carboxylic acids is 3. The van der Waals surface area contributed by atoms with Gasteiger partial charge in [-0.1, -0.05) is 61.7 Å². The van der Waals surface area contributed by atoms with Crippen LogP contribution in [0.15, 0.2) is 103 Å². The minimum atomic E-state index is -1.23. The van der Waals surface area contributed by atoms with Crippen LogP contribution < -0.4 is 9.64 Å². The van der Waals surface area contributed by atoms with Gasteiger partial charge in [0, 0.05) is 34.0 Å². The molecule has 0 saturated heterocycles. The Balaban J connectivity index is 1.43. The number of hydrogen-bond acceptors (Lipinski definition) is 8. The fraction of sp³-hybridized carbons (Fsp3) is 0.194. The number of ether oxygens (including phenoxy) is 4. The molecule has 44 heavy (non-hydrogen) atoms. The third-order valence-electron chi connectivity index (χ3n) is 7.83. The van der Waals surface area contributed by atoms with Gasteiger partial charge in [0.15, 0.2) is 5.60 Å². The van der Waals surface area contributed by atoms with Crippen LogP contribution in [-0.2, 0) is 29.4 Å². The predicted molar refractivity (Wildman–Crippen MR) is 166 cm³/mol. The molecule has 2 aliphatic rings. The predicted octanol–water partition coefficient (Wildman–Crippen LogP) is 6.45. The standard InChI is InChI=1S/C36H31NO7/c1-22(2)33(38)41-19-17-37(18-20-42-34(39)23(3)4)25-14-15-29-31(21-25)43-30-16-13-24-9-5-6-10-26(24)32(30)36(29)28-12-8-7-11-27(28)35(40)44-36/h5-16,21H,1,3,17-20H2,2,4H3. The normalized spacial score (nSPS) is 15.8. The lowest BCUT2D eigenvalue weighted by Gasteiger charge is -2.38. The summed E-state index contributed by atoms with van der Waals surface area (Å²) in [5.41, 5.74) is 2.82. The zero-order valence-electron chi connectivity index (χ0n) is 24.6. The summed E-state index contributed by atoms with van der Waals surface area (Å²) in [4.78, 5) is 39.3. The molecule has 0 bridgehead atoms. The fourth-order valence-electron chi connectivity index (χ4n) is 5.75. The van der Waals surface area contributed by atoms with Crippen molar-refractivity contribution in [2.24, 2.45) is 0 Å². The van der Waals surface area contributed by atoms with Gasteiger partial charge in [-0.2, -0.15) is 0 Å². The average molecular weight is 590 g/mol. The van der Waals surface area contributed by atoms with E-state index in [1.54, 1.807) is 19.9 Å². The summed E-state index contributed by atoms with van der Waals surface area (Å²) < 4.78 is 23.6. The second kappa shape index (κ2) is 11.4. The van der Waals surface area contributed by atoms with Crippen LogP contribution in [0, 0.1) is 0 Å². The zero-order valence-corrected chi connectivity index (χ0v) is 24.6. The van der Waals surface area contributed by atoms with Gasteiger partial charge >= 0.3 is 17.9 Å². The van der Waals surface area contributed by atoms with Gasteiger partial charge in [-0.05, 0) is 48.9 Å². The van der Waals surface area contributed by atoms with E-state index in [2.05, 4.69) is 13.2 Å². The Morgan fingerprint density at radius 2 is 1.45 bits per heavy atom. The molecule has 8 nitrogen and oxygen atoms in total. The van der Waals surface area contributed by atoms with Crippen molar-refractivity contribution in [2.75, 3.05) is 31.2 Å². The summed E-state index contributed by atoms with van der Waals surface area (Å²) in [5.74, 6) is -0.288. The van der Waals surface area contributed by atoms with Gasteiger partial charge < -0.3 is 23.8 Å². The van der Waals surface area contributed by atoms with Crippen molar-refractivity contribution in [1.82, 2.24) is 0 Å². The van der Waals surface area contributed by atoms with Gasteiger partial charge in [0.05, 0.1) is 24.2 Å². The summed E-state index contributed by atoms with van der Waals surface area (Å²) in [7, 11) is 0. The number of carbonyl (C=O) groups is 3. The van der Waals surface area contributed by atoms with Crippen LogP contribution in [0.2, 0.25) is 0 Å². The lowest BCUT2D eigenvalue weighted by molar-refractivity contribution is -0.139. The number of hydrogen-bond donors (Lipinski definition) is 0. The van der Waals surface area contributed by atoms with E-state index in [0.717, 1.165) is 27.6 Å². The van der Waals surface area contributed by atoms with Gasteiger partial charge in [0.25, 0.3) is 0 Å². The highest BCUT2D eigenvalue weighted by molar-refractivity contribution is 6.00. The molecule has 8 heteroatoms. The van der Waals surface area contributed by atoms with Crippen molar-refractivity contribution >= 4 is 34.4 Å². The molecule has 1 atom stereocenters. The molecule has 4 aromatic carbocycles. The van der Waals surface area contributed by atoms with E-state index >= 15 is 0 Å². The lowest BCUT2D eigenvalue weighted by atomic mass is 9.76. The molecule has 0 aromatic heterocycles. The van der Waals surface area contributed by atoms with Crippen LogP contribution in [0.5, 0.6) is 11.5 Å². The molecule has 4 aromatic rings. The highest BCUT2D eigenvalue weighted by Gasteiger charge is 2.54. The summed E-state index contributed by atoms with van der Waals surface area (Å²) >= 11 is 0. The van der Waals surface area contributed by atoms with E-state index in [1.807, 2.05) is 77.7 Å². The second-order valence-corrected chi connectivity index (χ2v) is 10.9. The quantitative estimate of drug-likeness (QED) is 0.125. The van der Waals surface area contributed by atoms with Crippen molar-refractivity contribution in [3.8, 4) is 11.5 Å². The largest absolute Gasteiger partial charge is 0.460 e. The Morgan fingerprint density at radius 3 is 2.16 bits per heavy atom. The van der Waals surface area contributed by atoms with Crippen LogP contribution >= 0.6 is 0 Å². The third-order valence-corrected chi connectivity index (χ3v) is 7.83. The first-order valence-electron chi connectivity index (χ1n) is 14.3. The highest BCUT2D eigenvalue weighted by atomic mass is 16.6. The number of rotatable bonds is 9. The molecule has 0 N–H and O–H groups in total. The number of nitrogens with zero attached hydrogens (tertiary/aromatic N) is 1. The highest BCUT2D eigenvalue weighted by Crippen LogP contribution is 2.58. The van der Waals surface area contributed by atoms with Crippen LogP contribution in [0.4, 0.5) is 5.69 Å². The molecule has 222 valence electrons. The van der Waals surface area contributed by atoms with Crippen LogP contribution in [-0.4, -0.2) is 44.2 Å². The van der Waals surface area contributed by atoms with Gasteiger partial charge in [-0.25, -0.2) is 14.4 Å². The molecule has 0 fully saturated rings. The summed E-state index contributed by atoms with van der Waals surface area (Å²) in [5, 5.41) is 1.92. The molecule has 2 heterocycles. The minimum absolute atomic E-state index is 0.0851. The first-order chi connectivity index (χ1) is 21.2. The Labute approximate surface area is 255 Å². The van der Waals surface area contributed by atoms with E-state index in [1.165, 1.54) is 0 Å². The molecular formula is C36H31NO7. The van der Waals surface area contributed by atoms with E-state index in [9.17, 15) is 14.4 Å². The average Bonchev–Trinajstić information content (AvgIpc) is 3.31. The second-order valence-electron chi connectivity index (χ2n) is 10.9. The maximum atomic E-state index is 13.3. The molecule has 0 amide bonds. The number of anilines is 1. The van der Waals surface area contributed by atoms with E-state index in [-0.39, 0.29) is 13.2 Å². The number of benzene rings is 4. The van der Waals surface area contributed by atoms with Crippen molar-refractivity contribution in [3.63, 3.8) is 0 Å². The third kappa shape index (κ3) is 4.88. The zero-order chi connectivity index (χ0) is 31.0. The van der Waals surface area contributed by atoms with Crippen LogP contribution in [0.1, 0.15) is 40.9 Å². The molecule has 0 saturated carbocycles. The van der Waals surface area contributed by atoms with Gasteiger partial charge in [-0.3, -0.25) is 0 Å². The molecule has 2 aliphatic heterocycles. The van der Waals surface area contributed by atoms with Crippen LogP contribution in [0.3, 0.4) is 0 Å². The Hall–Kier alpha value is -5.37. The number of esters is 3. The summed E-state index contributed by atoms with van der Waals surface area (Å²) in [6, 6.07) is 24.9. The van der Waals surface area contributed by atoms with E-state index in [0.29, 0.717) is 46.9 Å². The molecule has 0 radical (unpaired) electrons. The van der Waals surface area contributed by atoms with Gasteiger partial charge in [-0.15, -0.1) is 0 Å². The maximum absolute atomic E-state index is 13.3. The van der Waals surface area contributed by atoms with Gasteiger partial charge in [0.2, 0.25) is 0 Å². The first-order valence-corrected chi connectivity index (χ1v) is 14.3. The van der Waals surface area contributed by atoms with Crippen molar-refractivity contribution in [3.05, 3.63) is 125 Å². The van der Waals surface area contributed by atoms with Crippen molar-refractivity contribution in [1.29, 1.82) is 0 Å². The Bertz CT molecular complexity index is 1830. The number of fused-ring (bicyclic) bond motifs is 8. The van der Waals surface area contributed by atoms with Crippen molar-refractivity contribution < 1.29 is 33.3 Å². The molecule has 0 aliphatic carbocycles. The minimum Gasteiger partial charge on any atom is -0.460 e. The Morgan fingerprint density at radius 1 is 0.795 bits per heavy atom. The maximum Gasteiger partial charge on any atom is 0.340 e.